The van der Waals surface area contributed by atoms with E-state index in [9.17, 15) is 9.59 Å². The van der Waals surface area contributed by atoms with Crippen LogP contribution in [0.2, 0.25) is 0 Å². The summed E-state index contributed by atoms with van der Waals surface area (Å²) in [6, 6.07) is 19.7. The van der Waals surface area contributed by atoms with Gasteiger partial charge >= 0.3 is 5.97 Å². The van der Waals surface area contributed by atoms with E-state index in [0.29, 0.717) is 23.0 Å². The van der Waals surface area contributed by atoms with Gasteiger partial charge in [0.15, 0.2) is 6.61 Å². The Bertz CT molecular complexity index is 1140. The number of benzene rings is 3. The van der Waals surface area contributed by atoms with Crippen LogP contribution in [0.4, 0.5) is 0 Å². The van der Waals surface area contributed by atoms with Gasteiger partial charge in [-0.1, -0.05) is 41.9 Å². The number of carbonyl (C=O) groups excluding carboxylic acids is 2. The Morgan fingerprint density at radius 3 is 2.39 bits per heavy atom. The predicted molar refractivity (Wildman–Crippen MR) is 132 cm³/mol. The highest BCUT2D eigenvalue weighted by atomic mass is 79.9. The number of hydrogen-bond donors (Lipinski definition) is 1. The van der Waals surface area contributed by atoms with Crippen molar-refractivity contribution in [2.24, 2.45) is 5.10 Å². The van der Waals surface area contributed by atoms with Crippen LogP contribution in [0.25, 0.3) is 0 Å². The van der Waals surface area contributed by atoms with Crippen molar-refractivity contribution in [3.63, 3.8) is 0 Å². The lowest BCUT2D eigenvalue weighted by Crippen LogP contribution is -2.25. The third-order valence-electron chi connectivity index (χ3n) is 4.72. The summed E-state index contributed by atoms with van der Waals surface area (Å²) in [6.07, 6.45) is 1.50. The molecule has 0 atom stereocenters. The molecule has 0 aliphatic heterocycles. The van der Waals surface area contributed by atoms with Gasteiger partial charge in [-0.15, -0.1) is 0 Å². The number of rotatable bonds is 8. The number of hydrogen-bond acceptors (Lipinski definition) is 5. The van der Waals surface area contributed by atoms with Gasteiger partial charge in [-0.05, 0) is 84.1 Å². The smallest absolute Gasteiger partial charge is 0.343 e. The van der Waals surface area contributed by atoms with Crippen molar-refractivity contribution < 1.29 is 19.1 Å². The van der Waals surface area contributed by atoms with Crippen LogP contribution < -0.4 is 14.9 Å². The van der Waals surface area contributed by atoms with Gasteiger partial charge in [0, 0.05) is 4.47 Å². The van der Waals surface area contributed by atoms with Gasteiger partial charge in [-0.3, -0.25) is 4.79 Å². The van der Waals surface area contributed by atoms with E-state index in [2.05, 4.69) is 40.3 Å². The van der Waals surface area contributed by atoms with Crippen LogP contribution >= 0.6 is 15.9 Å². The maximum Gasteiger partial charge on any atom is 0.343 e. The van der Waals surface area contributed by atoms with Crippen LogP contribution in [-0.4, -0.2) is 24.7 Å². The molecule has 0 unspecified atom stereocenters. The summed E-state index contributed by atoms with van der Waals surface area (Å²) >= 11 is 3.33. The maximum atomic E-state index is 12.2. The third kappa shape index (κ3) is 7.29. The van der Waals surface area contributed by atoms with Crippen LogP contribution in [0, 0.1) is 6.92 Å². The average molecular weight is 509 g/mol. The molecule has 33 heavy (non-hydrogen) atoms. The number of halogens is 1. The van der Waals surface area contributed by atoms with Crippen molar-refractivity contribution >= 4 is 34.0 Å². The Morgan fingerprint density at radius 1 is 1.03 bits per heavy atom. The molecule has 6 nitrogen and oxygen atoms in total. The molecule has 0 heterocycles. The summed E-state index contributed by atoms with van der Waals surface area (Å²) < 4.78 is 12.0. The summed E-state index contributed by atoms with van der Waals surface area (Å²) in [4.78, 5) is 24.3. The highest BCUT2D eigenvalue weighted by Crippen LogP contribution is 2.27. The minimum absolute atomic E-state index is 0.133. The van der Waals surface area contributed by atoms with E-state index in [-0.39, 0.29) is 12.5 Å². The van der Waals surface area contributed by atoms with Crippen molar-refractivity contribution in [1.82, 2.24) is 5.43 Å². The van der Waals surface area contributed by atoms with Gasteiger partial charge in [0.1, 0.15) is 11.5 Å². The molecule has 3 rings (SSSR count). The van der Waals surface area contributed by atoms with Crippen molar-refractivity contribution in [2.75, 3.05) is 6.61 Å². The molecule has 0 spiro atoms. The highest BCUT2D eigenvalue weighted by molar-refractivity contribution is 9.10. The van der Waals surface area contributed by atoms with Crippen molar-refractivity contribution in [3.05, 3.63) is 93.5 Å². The van der Waals surface area contributed by atoms with E-state index in [0.717, 1.165) is 21.2 Å². The normalized spacial score (nSPS) is 10.9. The van der Waals surface area contributed by atoms with Gasteiger partial charge in [0.05, 0.1) is 11.8 Å². The molecule has 0 fully saturated rings. The first-order valence-corrected chi connectivity index (χ1v) is 11.2. The second kappa shape index (κ2) is 11.4. The fourth-order valence-electron chi connectivity index (χ4n) is 2.97. The number of amides is 1. The van der Waals surface area contributed by atoms with E-state index in [1.54, 1.807) is 48.5 Å². The summed E-state index contributed by atoms with van der Waals surface area (Å²) in [7, 11) is 0. The monoisotopic (exact) mass is 508 g/mol. The fourth-order valence-corrected chi connectivity index (χ4v) is 3.24. The first-order valence-electron chi connectivity index (χ1n) is 10.4. The van der Waals surface area contributed by atoms with Crippen molar-refractivity contribution in [3.8, 4) is 11.5 Å². The Kier molecular flexibility index (Phi) is 8.38. The minimum Gasteiger partial charge on any atom is -0.483 e. The molecule has 0 bridgehead atoms. The van der Waals surface area contributed by atoms with Gasteiger partial charge in [0.25, 0.3) is 5.91 Å². The van der Waals surface area contributed by atoms with E-state index < -0.39 is 5.97 Å². The number of esters is 1. The molecular formula is C26H25BrN2O4. The number of ether oxygens (including phenoxy) is 2. The molecular weight excluding hydrogens is 484 g/mol. The van der Waals surface area contributed by atoms with Gasteiger partial charge in [0.2, 0.25) is 0 Å². The van der Waals surface area contributed by atoms with Crippen molar-refractivity contribution in [2.45, 2.75) is 26.7 Å². The minimum atomic E-state index is -0.439. The Labute approximate surface area is 201 Å². The lowest BCUT2D eigenvalue weighted by atomic mass is 10.0. The molecule has 3 aromatic carbocycles. The average Bonchev–Trinajstić information content (AvgIpc) is 2.79. The molecule has 170 valence electrons. The first-order chi connectivity index (χ1) is 15.8. The van der Waals surface area contributed by atoms with E-state index >= 15 is 0 Å². The van der Waals surface area contributed by atoms with E-state index in [1.165, 1.54) is 6.21 Å². The molecule has 3 aromatic rings. The topological polar surface area (TPSA) is 77.0 Å². The summed E-state index contributed by atoms with van der Waals surface area (Å²) in [5.41, 5.74) is 5.77. The standard InChI is InChI=1S/C26H25BrN2O4/c1-17(2)23-13-4-18(3)14-24(23)32-16-25(30)29-28-15-19-5-11-22(12-6-19)33-26(31)20-7-9-21(27)10-8-20/h4-15,17H,16H2,1-3H3,(H,29,30). The molecule has 0 saturated heterocycles. The first kappa shape index (κ1) is 24.2. The summed E-state index contributed by atoms with van der Waals surface area (Å²) in [5, 5.41) is 3.96. The zero-order valence-corrected chi connectivity index (χ0v) is 20.3. The lowest BCUT2D eigenvalue weighted by Gasteiger charge is -2.14. The lowest BCUT2D eigenvalue weighted by molar-refractivity contribution is -0.123. The van der Waals surface area contributed by atoms with Crippen LogP contribution in [0.1, 0.15) is 46.8 Å². The molecule has 0 aliphatic carbocycles. The van der Waals surface area contributed by atoms with Gasteiger partial charge in [-0.25, -0.2) is 10.2 Å². The molecule has 0 aliphatic rings. The maximum absolute atomic E-state index is 12.2. The number of aryl methyl sites for hydroxylation is 1. The van der Waals surface area contributed by atoms with E-state index in [4.69, 9.17) is 9.47 Å². The Balaban J connectivity index is 1.49. The number of nitrogens with zero attached hydrogens (tertiary/aromatic N) is 1. The SMILES string of the molecule is Cc1ccc(C(C)C)c(OCC(=O)NN=Cc2ccc(OC(=O)c3ccc(Br)cc3)cc2)c1. The largest absolute Gasteiger partial charge is 0.483 e. The zero-order chi connectivity index (χ0) is 23.8. The summed E-state index contributed by atoms with van der Waals surface area (Å²) in [5.74, 6) is 0.612. The number of nitrogens with one attached hydrogen (secondary N) is 1. The second-order valence-corrected chi connectivity index (χ2v) is 8.66. The third-order valence-corrected chi connectivity index (χ3v) is 5.25. The molecule has 1 amide bonds. The summed E-state index contributed by atoms with van der Waals surface area (Å²) in [6.45, 7) is 6.00. The predicted octanol–water partition coefficient (Wildman–Crippen LogP) is 5.63. The zero-order valence-electron chi connectivity index (χ0n) is 18.7. The van der Waals surface area contributed by atoms with Gasteiger partial charge in [-0.2, -0.15) is 5.10 Å². The van der Waals surface area contributed by atoms with Crippen molar-refractivity contribution in [1.29, 1.82) is 0 Å². The molecule has 0 saturated carbocycles. The molecule has 0 aromatic heterocycles. The fraction of sp³-hybridized carbons (Fsp3) is 0.192. The molecule has 1 N–H and O–H groups in total. The Hall–Kier alpha value is -3.45. The van der Waals surface area contributed by atoms with Gasteiger partial charge < -0.3 is 9.47 Å². The molecule has 0 radical (unpaired) electrons. The van der Waals surface area contributed by atoms with Crippen LogP contribution in [0.15, 0.2) is 76.3 Å². The van der Waals surface area contributed by atoms with E-state index in [1.807, 2.05) is 25.1 Å². The Morgan fingerprint density at radius 2 is 1.73 bits per heavy atom. The quantitative estimate of drug-likeness (QED) is 0.185. The molecule has 7 heteroatoms. The van der Waals surface area contributed by atoms with Crippen LogP contribution in [0.3, 0.4) is 0 Å². The number of hydrazone groups is 1. The van der Waals surface area contributed by atoms with Crippen LogP contribution in [-0.2, 0) is 4.79 Å². The van der Waals surface area contributed by atoms with Crippen LogP contribution in [0.5, 0.6) is 11.5 Å². The number of carbonyl (C=O) groups is 2. The highest BCUT2D eigenvalue weighted by Gasteiger charge is 2.10. The second-order valence-electron chi connectivity index (χ2n) is 7.74.